The summed E-state index contributed by atoms with van der Waals surface area (Å²) in [5.41, 5.74) is 7.13. The number of thiophene rings is 1. The van der Waals surface area contributed by atoms with Gasteiger partial charge in [-0.2, -0.15) is 5.10 Å². The Morgan fingerprint density at radius 1 is 1.14 bits per heavy atom. The summed E-state index contributed by atoms with van der Waals surface area (Å²) in [6.45, 7) is 3.84. The van der Waals surface area contributed by atoms with Gasteiger partial charge in [0.25, 0.3) is 11.5 Å². The highest BCUT2D eigenvalue weighted by molar-refractivity contribution is 7.99. The molecule has 0 bridgehead atoms. The van der Waals surface area contributed by atoms with Crippen LogP contribution in [0.15, 0.2) is 63.6 Å². The van der Waals surface area contributed by atoms with Crippen molar-refractivity contribution in [3.8, 4) is 11.4 Å². The fourth-order valence-electron chi connectivity index (χ4n) is 4.41. The number of hydrogen-bond acceptors (Lipinski definition) is 7. The molecule has 0 spiro atoms. The third-order valence-corrected chi connectivity index (χ3v) is 8.56. The van der Waals surface area contributed by atoms with E-state index in [9.17, 15) is 9.59 Å². The number of amides is 1. The van der Waals surface area contributed by atoms with E-state index in [1.165, 1.54) is 16.6 Å². The van der Waals surface area contributed by atoms with Gasteiger partial charge in [-0.3, -0.25) is 14.2 Å². The molecular formula is C28H28N4O3S2. The first-order valence-electron chi connectivity index (χ1n) is 12.2. The van der Waals surface area contributed by atoms with E-state index >= 15 is 0 Å². The molecule has 37 heavy (non-hydrogen) atoms. The lowest BCUT2D eigenvalue weighted by atomic mass is 9.97. The van der Waals surface area contributed by atoms with Crippen LogP contribution in [0.4, 0.5) is 0 Å². The molecule has 1 aliphatic rings. The molecule has 0 atom stereocenters. The minimum absolute atomic E-state index is 0.0652. The third-order valence-electron chi connectivity index (χ3n) is 6.44. The smallest absolute Gasteiger partial charge is 0.267 e. The molecule has 0 radical (unpaired) electrons. The second kappa shape index (κ2) is 10.9. The predicted molar refractivity (Wildman–Crippen MR) is 151 cm³/mol. The standard InChI is InChI=1S/C28H28N4O3S2/c1-17-8-12-20(13-9-17)32-27(34)25-22-6-4-5-7-23(22)37-26(25)29-28(32)36-16-24(33)31-30-18(2)19-10-14-21(35-3)15-11-19/h8-15H,4-7,16H2,1-3H3,(H,31,33)/b30-18+. The summed E-state index contributed by atoms with van der Waals surface area (Å²) in [5.74, 6) is 0.565. The molecule has 0 saturated carbocycles. The van der Waals surface area contributed by atoms with Crippen LogP contribution in [-0.2, 0) is 17.6 Å². The lowest BCUT2D eigenvalue weighted by Crippen LogP contribution is -2.24. The number of nitrogens with zero attached hydrogens (tertiary/aromatic N) is 3. The molecule has 5 rings (SSSR count). The summed E-state index contributed by atoms with van der Waals surface area (Å²) >= 11 is 2.86. The molecule has 7 nitrogen and oxygen atoms in total. The molecule has 0 fully saturated rings. The van der Waals surface area contributed by atoms with E-state index in [0.29, 0.717) is 10.9 Å². The number of hydrogen-bond donors (Lipinski definition) is 1. The molecule has 9 heteroatoms. The molecule has 4 aromatic rings. The van der Waals surface area contributed by atoms with E-state index in [1.54, 1.807) is 23.0 Å². The molecule has 1 N–H and O–H groups in total. The lowest BCUT2D eigenvalue weighted by Gasteiger charge is -2.13. The number of hydrazone groups is 1. The fraction of sp³-hybridized carbons (Fsp3) is 0.286. The summed E-state index contributed by atoms with van der Waals surface area (Å²) in [6, 6.07) is 15.3. The first kappa shape index (κ1) is 25.2. The number of ether oxygens (including phenoxy) is 1. The van der Waals surface area contributed by atoms with Gasteiger partial charge < -0.3 is 4.74 Å². The van der Waals surface area contributed by atoms with Crippen molar-refractivity contribution in [2.24, 2.45) is 5.10 Å². The monoisotopic (exact) mass is 532 g/mol. The predicted octanol–water partition coefficient (Wildman–Crippen LogP) is 5.28. The maximum absolute atomic E-state index is 13.8. The molecule has 2 aromatic heterocycles. The summed E-state index contributed by atoms with van der Waals surface area (Å²) in [4.78, 5) is 33.4. The van der Waals surface area contributed by atoms with Gasteiger partial charge in [-0.25, -0.2) is 10.4 Å². The van der Waals surface area contributed by atoms with Gasteiger partial charge in [0.15, 0.2) is 5.16 Å². The fourth-order valence-corrected chi connectivity index (χ4v) is 6.52. The Labute approximate surface area is 223 Å². The van der Waals surface area contributed by atoms with Gasteiger partial charge in [-0.1, -0.05) is 29.5 Å². The Morgan fingerprint density at radius 2 is 1.86 bits per heavy atom. The lowest BCUT2D eigenvalue weighted by molar-refractivity contribution is -0.118. The summed E-state index contributed by atoms with van der Waals surface area (Å²) in [7, 11) is 1.62. The number of carbonyl (C=O) groups excluding carboxylic acids is 1. The van der Waals surface area contributed by atoms with Gasteiger partial charge in [0.05, 0.1) is 29.6 Å². The molecule has 1 amide bonds. The van der Waals surface area contributed by atoms with Crippen LogP contribution in [0.1, 0.15) is 41.3 Å². The average molecular weight is 533 g/mol. The Balaban J connectivity index is 1.41. The number of rotatable bonds is 7. The summed E-state index contributed by atoms with van der Waals surface area (Å²) in [6.07, 6.45) is 4.15. The molecule has 0 aliphatic heterocycles. The normalized spacial score (nSPS) is 13.4. The Kier molecular flexibility index (Phi) is 7.43. The second-order valence-electron chi connectivity index (χ2n) is 9.01. The van der Waals surface area contributed by atoms with E-state index in [1.807, 2.05) is 62.4 Å². The topological polar surface area (TPSA) is 85.6 Å². The van der Waals surface area contributed by atoms with Crippen LogP contribution in [0.5, 0.6) is 5.75 Å². The van der Waals surface area contributed by atoms with E-state index in [-0.39, 0.29) is 17.2 Å². The highest BCUT2D eigenvalue weighted by atomic mass is 32.2. The van der Waals surface area contributed by atoms with Crippen molar-refractivity contribution in [1.29, 1.82) is 0 Å². The van der Waals surface area contributed by atoms with Gasteiger partial charge in [0.2, 0.25) is 0 Å². The Bertz CT molecular complexity index is 1540. The zero-order valence-corrected chi connectivity index (χ0v) is 22.7. The van der Waals surface area contributed by atoms with E-state index in [2.05, 4.69) is 10.5 Å². The van der Waals surface area contributed by atoms with Crippen LogP contribution in [-0.4, -0.2) is 34.0 Å². The highest BCUT2D eigenvalue weighted by Gasteiger charge is 2.23. The van der Waals surface area contributed by atoms with Crippen LogP contribution in [0, 0.1) is 6.92 Å². The number of aryl methyl sites for hydroxylation is 3. The molecule has 0 saturated heterocycles. The number of methoxy groups -OCH3 is 1. The molecule has 1 aliphatic carbocycles. The average Bonchev–Trinajstić information content (AvgIpc) is 3.30. The van der Waals surface area contributed by atoms with Gasteiger partial charge in [0, 0.05) is 4.88 Å². The van der Waals surface area contributed by atoms with Crippen LogP contribution >= 0.6 is 23.1 Å². The van der Waals surface area contributed by atoms with Gasteiger partial charge in [-0.15, -0.1) is 11.3 Å². The highest BCUT2D eigenvalue weighted by Crippen LogP contribution is 2.35. The van der Waals surface area contributed by atoms with Crippen LogP contribution in [0.3, 0.4) is 0 Å². The quantitative estimate of drug-likeness (QED) is 0.152. The third kappa shape index (κ3) is 5.33. The molecular weight excluding hydrogens is 504 g/mol. The van der Waals surface area contributed by atoms with Crippen molar-refractivity contribution in [3.05, 3.63) is 80.5 Å². The van der Waals surface area contributed by atoms with E-state index in [0.717, 1.165) is 64.0 Å². The zero-order chi connectivity index (χ0) is 25.9. The first-order valence-corrected chi connectivity index (χ1v) is 14.0. The summed E-state index contributed by atoms with van der Waals surface area (Å²) in [5, 5.41) is 5.48. The number of nitrogens with one attached hydrogen (secondary N) is 1. The van der Waals surface area contributed by atoms with Crippen molar-refractivity contribution in [2.75, 3.05) is 12.9 Å². The van der Waals surface area contributed by atoms with Crippen molar-refractivity contribution < 1.29 is 9.53 Å². The number of carbonyl (C=O) groups is 1. The van der Waals surface area contributed by atoms with Crippen LogP contribution in [0.2, 0.25) is 0 Å². The minimum atomic E-state index is -0.270. The molecule has 2 heterocycles. The summed E-state index contributed by atoms with van der Waals surface area (Å²) < 4.78 is 6.83. The maximum Gasteiger partial charge on any atom is 0.267 e. The van der Waals surface area contributed by atoms with Crippen LogP contribution < -0.4 is 15.7 Å². The van der Waals surface area contributed by atoms with Gasteiger partial charge in [0.1, 0.15) is 10.6 Å². The number of thioether (sulfide) groups is 1. The van der Waals surface area contributed by atoms with Gasteiger partial charge in [-0.05, 0) is 87.1 Å². The van der Waals surface area contributed by atoms with Gasteiger partial charge >= 0.3 is 0 Å². The number of benzene rings is 2. The largest absolute Gasteiger partial charge is 0.497 e. The molecule has 2 aromatic carbocycles. The van der Waals surface area contributed by atoms with Crippen molar-refractivity contribution in [3.63, 3.8) is 0 Å². The zero-order valence-electron chi connectivity index (χ0n) is 21.0. The van der Waals surface area contributed by atoms with E-state index in [4.69, 9.17) is 9.72 Å². The Morgan fingerprint density at radius 3 is 2.59 bits per heavy atom. The van der Waals surface area contributed by atoms with Crippen molar-refractivity contribution in [1.82, 2.24) is 15.0 Å². The Hall–Kier alpha value is -3.43. The molecule has 190 valence electrons. The van der Waals surface area contributed by atoms with Crippen molar-refractivity contribution >= 4 is 44.9 Å². The SMILES string of the molecule is COc1ccc(/C(C)=N/NC(=O)CSc2nc3sc4c(c3c(=O)n2-c2ccc(C)cc2)CCCC4)cc1. The minimum Gasteiger partial charge on any atom is -0.497 e. The maximum atomic E-state index is 13.8. The van der Waals surface area contributed by atoms with Crippen LogP contribution in [0.25, 0.3) is 15.9 Å². The second-order valence-corrected chi connectivity index (χ2v) is 11.0. The first-order chi connectivity index (χ1) is 17.9. The number of aromatic nitrogens is 2. The molecule has 0 unspecified atom stereocenters. The van der Waals surface area contributed by atoms with E-state index < -0.39 is 0 Å². The van der Waals surface area contributed by atoms with Crippen molar-refractivity contribution in [2.45, 2.75) is 44.7 Å². The number of fused-ring (bicyclic) bond motifs is 3.